The van der Waals surface area contributed by atoms with Gasteiger partial charge < -0.3 is 4.90 Å². The molecule has 0 aliphatic heterocycles. The summed E-state index contributed by atoms with van der Waals surface area (Å²) in [6, 6.07) is 24.8. The monoisotopic (exact) mass is 330 g/mol. The fourth-order valence-electron chi connectivity index (χ4n) is 2.80. The molecule has 0 radical (unpaired) electrons. The number of nitrogens with zero attached hydrogens (tertiary/aromatic N) is 6. The molecular formula is C19H18N6. The van der Waals surface area contributed by atoms with Crippen molar-refractivity contribution >= 4 is 11.5 Å². The summed E-state index contributed by atoms with van der Waals surface area (Å²) in [5, 5.41) is 16.0. The van der Waals surface area contributed by atoms with Crippen molar-refractivity contribution < 1.29 is 0 Å². The molecule has 2 aromatic heterocycles. The van der Waals surface area contributed by atoms with Gasteiger partial charge in [0.25, 0.3) is 0 Å². The van der Waals surface area contributed by atoms with Crippen LogP contribution in [-0.4, -0.2) is 31.8 Å². The minimum Gasteiger partial charge on any atom is -0.350 e. The Morgan fingerprint density at radius 3 is 2.28 bits per heavy atom. The average molecular weight is 330 g/mol. The Morgan fingerprint density at radius 2 is 1.52 bits per heavy atom. The lowest BCUT2D eigenvalue weighted by atomic mass is 10.1. The van der Waals surface area contributed by atoms with Crippen LogP contribution >= 0.6 is 0 Å². The Hall–Kier alpha value is -3.28. The average Bonchev–Trinajstić information content (AvgIpc) is 3.14. The Kier molecular flexibility index (Phi) is 4.33. The second-order valence-corrected chi connectivity index (χ2v) is 5.86. The molecule has 0 fully saturated rings. The molecule has 0 saturated carbocycles. The number of aromatic nitrogens is 5. The van der Waals surface area contributed by atoms with Gasteiger partial charge in [0.05, 0.1) is 0 Å². The SMILES string of the molecule is c1ccc(CCN(Cc2ccccc2)c2ccc3nnnn3n2)cc1. The highest BCUT2D eigenvalue weighted by molar-refractivity contribution is 5.45. The van der Waals surface area contributed by atoms with E-state index in [0.29, 0.717) is 5.65 Å². The minimum atomic E-state index is 0.645. The molecule has 0 unspecified atom stereocenters. The molecule has 0 saturated heterocycles. The van der Waals surface area contributed by atoms with Crippen molar-refractivity contribution in [3.8, 4) is 0 Å². The van der Waals surface area contributed by atoms with Gasteiger partial charge in [-0.25, -0.2) is 0 Å². The second kappa shape index (κ2) is 7.09. The van der Waals surface area contributed by atoms with E-state index < -0.39 is 0 Å². The molecule has 0 spiro atoms. The van der Waals surface area contributed by atoms with E-state index in [1.165, 1.54) is 15.8 Å². The third kappa shape index (κ3) is 3.63. The number of benzene rings is 2. The summed E-state index contributed by atoms with van der Waals surface area (Å²) in [5.74, 6) is 0.861. The molecule has 2 aromatic carbocycles. The highest BCUT2D eigenvalue weighted by Crippen LogP contribution is 2.16. The van der Waals surface area contributed by atoms with Crippen LogP contribution in [0.25, 0.3) is 5.65 Å². The topological polar surface area (TPSA) is 59.2 Å². The zero-order valence-corrected chi connectivity index (χ0v) is 13.7. The maximum Gasteiger partial charge on any atom is 0.200 e. The first kappa shape index (κ1) is 15.3. The van der Waals surface area contributed by atoms with Crippen LogP contribution < -0.4 is 4.90 Å². The van der Waals surface area contributed by atoms with E-state index in [9.17, 15) is 0 Å². The minimum absolute atomic E-state index is 0.645. The largest absolute Gasteiger partial charge is 0.350 e. The first-order chi connectivity index (χ1) is 12.4. The molecule has 0 aliphatic rings. The normalized spacial score (nSPS) is 10.9. The van der Waals surface area contributed by atoms with Crippen molar-refractivity contribution in [2.45, 2.75) is 13.0 Å². The van der Waals surface area contributed by atoms with Gasteiger partial charge in [0, 0.05) is 13.1 Å². The van der Waals surface area contributed by atoms with Crippen LogP contribution in [0.1, 0.15) is 11.1 Å². The number of anilines is 1. The third-order valence-corrected chi connectivity index (χ3v) is 4.11. The molecule has 124 valence electrons. The van der Waals surface area contributed by atoms with Crippen molar-refractivity contribution in [1.29, 1.82) is 0 Å². The Balaban J connectivity index is 1.59. The van der Waals surface area contributed by atoms with Gasteiger partial charge in [-0.05, 0) is 40.1 Å². The number of hydrogen-bond acceptors (Lipinski definition) is 5. The number of rotatable bonds is 6. The van der Waals surface area contributed by atoms with Gasteiger partial charge >= 0.3 is 0 Å². The molecule has 4 rings (SSSR count). The first-order valence-corrected chi connectivity index (χ1v) is 8.27. The van der Waals surface area contributed by atoms with Crippen molar-refractivity contribution in [2.24, 2.45) is 0 Å². The molecule has 0 N–H and O–H groups in total. The van der Waals surface area contributed by atoms with Crippen LogP contribution in [0.3, 0.4) is 0 Å². The maximum atomic E-state index is 4.55. The van der Waals surface area contributed by atoms with Crippen molar-refractivity contribution in [3.63, 3.8) is 0 Å². The summed E-state index contributed by atoms with van der Waals surface area (Å²) in [7, 11) is 0. The van der Waals surface area contributed by atoms with Gasteiger partial charge in [-0.1, -0.05) is 60.7 Å². The van der Waals surface area contributed by atoms with E-state index in [1.807, 2.05) is 24.3 Å². The van der Waals surface area contributed by atoms with Crippen LogP contribution in [0, 0.1) is 0 Å². The van der Waals surface area contributed by atoms with E-state index in [1.54, 1.807) is 0 Å². The fourth-order valence-corrected chi connectivity index (χ4v) is 2.80. The summed E-state index contributed by atoms with van der Waals surface area (Å²) in [6.07, 6.45) is 0.947. The van der Waals surface area contributed by atoms with E-state index in [-0.39, 0.29) is 0 Å². The van der Waals surface area contributed by atoms with Crippen molar-refractivity contribution in [2.75, 3.05) is 11.4 Å². The lowest BCUT2D eigenvalue weighted by molar-refractivity contribution is 0.698. The molecule has 0 amide bonds. The van der Waals surface area contributed by atoms with Crippen molar-refractivity contribution in [1.82, 2.24) is 25.3 Å². The summed E-state index contributed by atoms with van der Waals surface area (Å²) in [6.45, 7) is 1.65. The van der Waals surface area contributed by atoms with Crippen LogP contribution in [0.4, 0.5) is 5.82 Å². The predicted molar refractivity (Wildman–Crippen MR) is 96.2 cm³/mol. The zero-order chi connectivity index (χ0) is 16.9. The van der Waals surface area contributed by atoms with Crippen LogP contribution in [0.15, 0.2) is 72.8 Å². The molecule has 4 aromatic rings. The van der Waals surface area contributed by atoms with E-state index in [0.717, 1.165) is 25.3 Å². The van der Waals surface area contributed by atoms with Gasteiger partial charge in [0.1, 0.15) is 0 Å². The summed E-state index contributed by atoms with van der Waals surface area (Å²) in [4.78, 5) is 2.25. The third-order valence-electron chi connectivity index (χ3n) is 4.11. The molecule has 25 heavy (non-hydrogen) atoms. The summed E-state index contributed by atoms with van der Waals surface area (Å²) in [5.41, 5.74) is 3.20. The van der Waals surface area contributed by atoms with Gasteiger partial charge in [0.2, 0.25) is 0 Å². The summed E-state index contributed by atoms with van der Waals surface area (Å²) >= 11 is 0. The number of tetrazole rings is 1. The molecule has 0 aliphatic carbocycles. The summed E-state index contributed by atoms with van der Waals surface area (Å²) < 4.78 is 1.47. The number of fused-ring (bicyclic) bond motifs is 1. The van der Waals surface area contributed by atoms with Crippen LogP contribution in [0.2, 0.25) is 0 Å². The molecule has 6 heteroatoms. The lowest BCUT2D eigenvalue weighted by Gasteiger charge is -2.23. The number of hydrogen-bond donors (Lipinski definition) is 0. The van der Waals surface area contributed by atoms with Crippen LogP contribution in [-0.2, 0) is 13.0 Å². The van der Waals surface area contributed by atoms with Crippen molar-refractivity contribution in [3.05, 3.63) is 83.9 Å². The lowest BCUT2D eigenvalue weighted by Crippen LogP contribution is -2.27. The molecule has 0 bridgehead atoms. The molecular weight excluding hydrogens is 312 g/mol. The quantitative estimate of drug-likeness (QED) is 0.544. The van der Waals surface area contributed by atoms with Gasteiger partial charge in [0.15, 0.2) is 11.5 Å². The molecule has 6 nitrogen and oxygen atoms in total. The van der Waals surface area contributed by atoms with Crippen LogP contribution in [0.5, 0.6) is 0 Å². The highest BCUT2D eigenvalue weighted by Gasteiger charge is 2.11. The zero-order valence-electron chi connectivity index (χ0n) is 13.7. The standard InChI is InChI=1S/C19H18N6/c1-3-7-16(8-4-1)13-14-24(15-17-9-5-2-6-10-17)19-12-11-18-20-22-23-25(18)21-19/h1-12H,13-15H2. The first-order valence-electron chi connectivity index (χ1n) is 8.27. The second-order valence-electron chi connectivity index (χ2n) is 5.86. The Labute approximate surface area is 145 Å². The van der Waals surface area contributed by atoms with E-state index in [2.05, 4.69) is 74.1 Å². The van der Waals surface area contributed by atoms with Gasteiger partial charge in [-0.3, -0.25) is 0 Å². The fraction of sp³-hybridized carbons (Fsp3) is 0.158. The molecule has 0 atom stereocenters. The molecule has 2 heterocycles. The Morgan fingerprint density at radius 1 is 0.800 bits per heavy atom. The smallest absolute Gasteiger partial charge is 0.200 e. The Bertz CT molecular complexity index is 936. The highest BCUT2D eigenvalue weighted by atomic mass is 15.6. The maximum absolute atomic E-state index is 4.55. The van der Waals surface area contributed by atoms with E-state index in [4.69, 9.17) is 0 Å². The predicted octanol–water partition coefficient (Wildman–Crippen LogP) is 2.77. The van der Waals surface area contributed by atoms with E-state index >= 15 is 0 Å². The van der Waals surface area contributed by atoms with Gasteiger partial charge in [-0.15, -0.1) is 14.8 Å². The van der Waals surface area contributed by atoms with Gasteiger partial charge in [-0.2, -0.15) is 0 Å².